The van der Waals surface area contributed by atoms with Gasteiger partial charge >= 0.3 is 0 Å². The summed E-state index contributed by atoms with van der Waals surface area (Å²) in [7, 11) is 0. The average Bonchev–Trinajstić information content (AvgIpc) is 2.89. The number of fused-ring (bicyclic) bond motifs is 2. The number of benzene rings is 1. The van der Waals surface area contributed by atoms with Crippen LogP contribution >= 0.6 is 0 Å². The highest BCUT2D eigenvalue weighted by molar-refractivity contribution is 5.84. The second kappa shape index (κ2) is 4.51. The minimum absolute atomic E-state index is 0.126. The van der Waals surface area contributed by atoms with E-state index in [0.29, 0.717) is 24.0 Å². The molecule has 1 aromatic rings. The summed E-state index contributed by atoms with van der Waals surface area (Å²) in [6.45, 7) is 2.07. The highest BCUT2D eigenvalue weighted by Crippen LogP contribution is 2.48. The number of carbonyl (C=O) groups excluding carboxylic acids is 1. The lowest BCUT2D eigenvalue weighted by Gasteiger charge is -2.26. The first-order chi connectivity index (χ1) is 8.65. The van der Waals surface area contributed by atoms with E-state index in [9.17, 15) is 4.79 Å². The van der Waals surface area contributed by atoms with Gasteiger partial charge in [0, 0.05) is 18.4 Å². The van der Waals surface area contributed by atoms with Crippen LogP contribution in [0.3, 0.4) is 0 Å². The summed E-state index contributed by atoms with van der Waals surface area (Å²) in [5.74, 6) is 1.67. The van der Waals surface area contributed by atoms with Crippen molar-refractivity contribution in [3.05, 3.63) is 35.4 Å². The largest absolute Gasteiger partial charge is 0.327 e. The average molecular weight is 243 g/mol. The normalized spacial score (nSPS) is 33.9. The van der Waals surface area contributed by atoms with Gasteiger partial charge in [0.25, 0.3) is 0 Å². The SMILES string of the molecule is Cc1cccc(CC(=O)C2C3CCC(C3)C2N)c1. The van der Waals surface area contributed by atoms with Crippen LogP contribution < -0.4 is 5.73 Å². The minimum atomic E-state index is 0.126. The molecule has 2 aliphatic carbocycles. The van der Waals surface area contributed by atoms with Crippen molar-refractivity contribution in [1.82, 2.24) is 0 Å². The maximum absolute atomic E-state index is 12.4. The third kappa shape index (κ3) is 1.99. The van der Waals surface area contributed by atoms with Crippen LogP contribution in [0.1, 0.15) is 30.4 Å². The van der Waals surface area contributed by atoms with Crippen LogP contribution in [0.5, 0.6) is 0 Å². The van der Waals surface area contributed by atoms with Crippen molar-refractivity contribution >= 4 is 5.78 Å². The molecule has 0 spiro atoms. The van der Waals surface area contributed by atoms with Gasteiger partial charge in [-0.2, -0.15) is 0 Å². The number of Topliss-reactive ketones (excluding diaryl/α,β-unsaturated/α-hetero) is 1. The van der Waals surface area contributed by atoms with Crippen LogP contribution in [0.2, 0.25) is 0 Å². The van der Waals surface area contributed by atoms with E-state index in [4.69, 9.17) is 5.73 Å². The zero-order valence-electron chi connectivity index (χ0n) is 10.9. The molecule has 2 fully saturated rings. The number of nitrogens with two attached hydrogens (primary N) is 1. The van der Waals surface area contributed by atoms with Crippen molar-refractivity contribution in [2.75, 3.05) is 0 Å². The maximum Gasteiger partial charge on any atom is 0.142 e. The molecule has 4 unspecified atom stereocenters. The van der Waals surface area contributed by atoms with Crippen molar-refractivity contribution in [1.29, 1.82) is 0 Å². The number of carbonyl (C=O) groups is 1. The van der Waals surface area contributed by atoms with E-state index in [1.165, 1.54) is 24.8 Å². The van der Waals surface area contributed by atoms with Crippen molar-refractivity contribution in [3.8, 4) is 0 Å². The molecule has 1 aromatic carbocycles. The van der Waals surface area contributed by atoms with Crippen molar-refractivity contribution < 1.29 is 4.79 Å². The first kappa shape index (κ1) is 11.9. The van der Waals surface area contributed by atoms with Gasteiger partial charge in [-0.3, -0.25) is 4.79 Å². The van der Waals surface area contributed by atoms with Gasteiger partial charge in [0.15, 0.2) is 0 Å². The van der Waals surface area contributed by atoms with E-state index in [1.807, 2.05) is 12.1 Å². The highest BCUT2D eigenvalue weighted by Gasteiger charge is 2.48. The maximum atomic E-state index is 12.4. The highest BCUT2D eigenvalue weighted by atomic mass is 16.1. The molecule has 2 nitrogen and oxygen atoms in total. The molecule has 2 N–H and O–H groups in total. The second-order valence-corrected chi connectivity index (χ2v) is 6.07. The summed E-state index contributed by atoms with van der Waals surface area (Å²) in [5, 5.41) is 0. The van der Waals surface area contributed by atoms with Crippen molar-refractivity contribution in [3.63, 3.8) is 0 Å². The third-order valence-corrected chi connectivity index (χ3v) is 4.81. The monoisotopic (exact) mass is 243 g/mol. The lowest BCUT2D eigenvalue weighted by Crippen LogP contribution is -2.40. The van der Waals surface area contributed by atoms with E-state index in [1.54, 1.807) is 0 Å². The molecule has 2 aliphatic rings. The number of rotatable bonds is 3. The van der Waals surface area contributed by atoms with E-state index in [-0.39, 0.29) is 12.0 Å². The zero-order valence-corrected chi connectivity index (χ0v) is 10.9. The predicted octanol–water partition coefficient (Wildman–Crippen LogP) is 2.48. The van der Waals surface area contributed by atoms with Gasteiger partial charge in [-0.05, 0) is 43.6 Å². The Bertz CT molecular complexity index is 466. The predicted molar refractivity (Wildman–Crippen MR) is 72.2 cm³/mol. The van der Waals surface area contributed by atoms with E-state index < -0.39 is 0 Å². The Morgan fingerprint density at radius 1 is 1.33 bits per heavy atom. The topological polar surface area (TPSA) is 43.1 Å². The quantitative estimate of drug-likeness (QED) is 0.886. The van der Waals surface area contributed by atoms with E-state index in [0.717, 1.165) is 5.56 Å². The fourth-order valence-corrected chi connectivity index (χ4v) is 3.95. The smallest absolute Gasteiger partial charge is 0.142 e. The summed E-state index contributed by atoms with van der Waals surface area (Å²) in [6.07, 6.45) is 4.19. The molecule has 2 saturated carbocycles. The molecule has 0 aromatic heterocycles. The number of aryl methyl sites for hydroxylation is 1. The Kier molecular flexibility index (Phi) is 2.98. The molecule has 0 saturated heterocycles. The molecule has 0 aliphatic heterocycles. The van der Waals surface area contributed by atoms with Crippen LogP contribution in [0, 0.1) is 24.7 Å². The number of hydrogen-bond donors (Lipinski definition) is 1. The fraction of sp³-hybridized carbons (Fsp3) is 0.562. The van der Waals surface area contributed by atoms with Crippen LogP contribution in [0.25, 0.3) is 0 Å². The van der Waals surface area contributed by atoms with Crippen molar-refractivity contribution in [2.24, 2.45) is 23.5 Å². The zero-order chi connectivity index (χ0) is 12.7. The third-order valence-electron chi connectivity index (χ3n) is 4.81. The van der Waals surface area contributed by atoms with Gasteiger partial charge < -0.3 is 5.73 Å². The molecule has 0 heterocycles. The van der Waals surface area contributed by atoms with Gasteiger partial charge in [0.05, 0.1) is 0 Å². The molecule has 2 bridgehead atoms. The number of hydrogen-bond acceptors (Lipinski definition) is 2. The summed E-state index contributed by atoms with van der Waals surface area (Å²) >= 11 is 0. The molecule has 2 heteroatoms. The molecular formula is C16H21NO. The first-order valence-electron chi connectivity index (χ1n) is 6.99. The molecular weight excluding hydrogens is 222 g/mol. The standard InChI is InChI=1S/C16H21NO/c1-10-3-2-4-11(7-10)8-14(18)15-12-5-6-13(9-12)16(15)17/h2-4,7,12-13,15-16H,5-6,8-9,17H2,1H3. The van der Waals surface area contributed by atoms with Gasteiger partial charge in [-0.15, -0.1) is 0 Å². The number of ketones is 1. The molecule has 3 rings (SSSR count). The summed E-state index contributed by atoms with van der Waals surface area (Å²) in [6, 6.07) is 8.37. The lowest BCUT2D eigenvalue weighted by atomic mass is 9.80. The second-order valence-electron chi connectivity index (χ2n) is 6.07. The Labute approximate surface area is 109 Å². The molecule has 0 amide bonds. The lowest BCUT2D eigenvalue weighted by molar-refractivity contribution is -0.124. The van der Waals surface area contributed by atoms with Crippen LogP contribution in [-0.4, -0.2) is 11.8 Å². The first-order valence-corrected chi connectivity index (χ1v) is 6.99. The molecule has 0 radical (unpaired) electrons. The van der Waals surface area contributed by atoms with Gasteiger partial charge in [-0.25, -0.2) is 0 Å². The van der Waals surface area contributed by atoms with Crippen LogP contribution in [0.4, 0.5) is 0 Å². The Hall–Kier alpha value is -1.15. The van der Waals surface area contributed by atoms with Crippen molar-refractivity contribution in [2.45, 2.75) is 38.6 Å². The Balaban J connectivity index is 1.72. The van der Waals surface area contributed by atoms with E-state index in [2.05, 4.69) is 19.1 Å². The van der Waals surface area contributed by atoms with Gasteiger partial charge in [0.2, 0.25) is 0 Å². The van der Waals surface area contributed by atoms with E-state index >= 15 is 0 Å². The minimum Gasteiger partial charge on any atom is -0.327 e. The molecule has 96 valence electrons. The fourth-order valence-electron chi connectivity index (χ4n) is 3.95. The Morgan fingerprint density at radius 3 is 2.78 bits per heavy atom. The van der Waals surface area contributed by atoms with Gasteiger partial charge in [-0.1, -0.05) is 29.8 Å². The summed E-state index contributed by atoms with van der Waals surface area (Å²) in [4.78, 5) is 12.4. The summed E-state index contributed by atoms with van der Waals surface area (Å²) in [5.41, 5.74) is 8.58. The summed E-state index contributed by atoms with van der Waals surface area (Å²) < 4.78 is 0. The van der Waals surface area contributed by atoms with Gasteiger partial charge in [0.1, 0.15) is 5.78 Å². The van der Waals surface area contributed by atoms with Crippen LogP contribution in [0.15, 0.2) is 24.3 Å². The Morgan fingerprint density at radius 2 is 2.11 bits per heavy atom. The molecule has 18 heavy (non-hydrogen) atoms. The van der Waals surface area contributed by atoms with Crippen LogP contribution in [-0.2, 0) is 11.2 Å². The molecule has 4 atom stereocenters.